The van der Waals surface area contributed by atoms with Crippen LogP contribution in [0.1, 0.15) is 12.8 Å². The summed E-state index contributed by atoms with van der Waals surface area (Å²) < 4.78 is 53.4. The highest BCUT2D eigenvalue weighted by Crippen LogP contribution is 2.33. The van der Waals surface area contributed by atoms with Crippen molar-refractivity contribution in [2.75, 3.05) is 19.6 Å². The normalized spacial score (nSPS) is 27.5. The zero-order valence-corrected chi connectivity index (χ0v) is 11.7. The largest absolute Gasteiger partial charge is 0.315 e. The Morgan fingerprint density at radius 1 is 1.30 bits per heavy atom. The van der Waals surface area contributed by atoms with Gasteiger partial charge in [-0.1, -0.05) is 0 Å². The van der Waals surface area contributed by atoms with Crippen LogP contribution >= 0.6 is 0 Å². The number of nitrogens with one attached hydrogen (secondary N) is 1. The summed E-state index contributed by atoms with van der Waals surface area (Å²) in [5.41, 5.74) is 0. The fourth-order valence-electron chi connectivity index (χ4n) is 3.05. The van der Waals surface area contributed by atoms with Crippen LogP contribution in [0.5, 0.6) is 0 Å². The van der Waals surface area contributed by atoms with Gasteiger partial charge in [-0.3, -0.25) is 0 Å². The maximum absolute atomic E-state index is 13.8. The zero-order chi connectivity index (χ0) is 14.3. The van der Waals surface area contributed by atoms with Gasteiger partial charge in [0.05, 0.1) is 0 Å². The molecule has 4 nitrogen and oxygen atoms in total. The number of hydrogen-bond donors (Lipinski definition) is 1. The second kappa shape index (κ2) is 5.05. The monoisotopic (exact) mass is 302 g/mol. The molecule has 110 valence electrons. The Hall–Kier alpha value is -1.05. The first-order valence-corrected chi connectivity index (χ1v) is 8.10. The van der Waals surface area contributed by atoms with Gasteiger partial charge in [0.1, 0.15) is 16.5 Å². The molecule has 1 aromatic rings. The summed E-state index contributed by atoms with van der Waals surface area (Å²) in [4.78, 5) is -0.566. The highest BCUT2D eigenvalue weighted by atomic mass is 32.2. The van der Waals surface area contributed by atoms with Crippen LogP contribution in [0.2, 0.25) is 0 Å². The lowest BCUT2D eigenvalue weighted by Crippen LogP contribution is -2.42. The molecule has 2 aliphatic heterocycles. The smallest absolute Gasteiger partial charge is 0.246 e. The number of fused-ring (bicyclic) bond motifs is 2. The minimum Gasteiger partial charge on any atom is -0.315 e. The van der Waals surface area contributed by atoms with Gasteiger partial charge >= 0.3 is 0 Å². The average molecular weight is 302 g/mol. The van der Waals surface area contributed by atoms with Crippen molar-refractivity contribution in [2.45, 2.75) is 23.8 Å². The van der Waals surface area contributed by atoms with E-state index in [-0.39, 0.29) is 6.04 Å². The predicted octanol–water partition coefficient (Wildman–Crippen LogP) is 1.34. The predicted molar refractivity (Wildman–Crippen MR) is 69.6 cm³/mol. The quantitative estimate of drug-likeness (QED) is 0.897. The molecule has 2 atom stereocenters. The number of benzene rings is 1. The standard InChI is InChI=1S/C13H16F2N2O2S/c14-10-1-2-12(15)13(6-10)20(18,19)17-8-9-3-4-16-7-11(17)5-9/h1-2,6,9,11,16H,3-5,7-8H2. The fraction of sp³-hybridized carbons (Fsp3) is 0.538. The van der Waals surface area contributed by atoms with Gasteiger partial charge in [-0.25, -0.2) is 17.2 Å². The maximum Gasteiger partial charge on any atom is 0.246 e. The van der Waals surface area contributed by atoms with Crippen molar-refractivity contribution in [2.24, 2.45) is 5.92 Å². The molecule has 2 heterocycles. The second-order valence-corrected chi connectivity index (χ2v) is 7.26. The summed E-state index contributed by atoms with van der Waals surface area (Å²) in [6.07, 6.45) is 1.69. The molecule has 0 spiro atoms. The van der Waals surface area contributed by atoms with E-state index in [9.17, 15) is 17.2 Å². The minimum absolute atomic E-state index is 0.171. The first-order chi connectivity index (χ1) is 9.48. The molecule has 3 rings (SSSR count). The van der Waals surface area contributed by atoms with Crippen LogP contribution in [-0.4, -0.2) is 38.4 Å². The Morgan fingerprint density at radius 2 is 2.10 bits per heavy atom. The second-order valence-electron chi connectivity index (χ2n) is 5.40. The van der Waals surface area contributed by atoms with Crippen molar-refractivity contribution in [1.82, 2.24) is 9.62 Å². The van der Waals surface area contributed by atoms with Crippen LogP contribution in [0.3, 0.4) is 0 Å². The van der Waals surface area contributed by atoms with Gasteiger partial charge in [0.2, 0.25) is 10.0 Å². The van der Waals surface area contributed by atoms with E-state index in [0.29, 0.717) is 19.0 Å². The van der Waals surface area contributed by atoms with E-state index in [0.717, 1.165) is 37.6 Å². The molecule has 0 saturated carbocycles. The Labute approximate surface area is 116 Å². The average Bonchev–Trinajstić information content (AvgIpc) is 2.65. The van der Waals surface area contributed by atoms with Gasteiger partial charge in [0.25, 0.3) is 0 Å². The van der Waals surface area contributed by atoms with Crippen LogP contribution in [0.25, 0.3) is 0 Å². The molecular formula is C13H16F2N2O2S. The summed E-state index contributed by atoms with van der Waals surface area (Å²) in [7, 11) is -3.98. The number of nitrogens with zero attached hydrogens (tertiary/aromatic N) is 1. The van der Waals surface area contributed by atoms with Gasteiger partial charge in [-0.15, -0.1) is 0 Å². The minimum atomic E-state index is -3.98. The molecule has 2 bridgehead atoms. The lowest BCUT2D eigenvalue weighted by Gasteiger charge is -2.25. The summed E-state index contributed by atoms with van der Waals surface area (Å²) in [6, 6.07) is 2.36. The first kappa shape index (κ1) is 13.9. The topological polar surface area (TPSA) is 49.4 Å². The Balaban J connectivity index is 1.98. The molecule has 20 heavy (non-hydrogen) atoms. The zero-order valence-electron chi connectivity index (χ0n) is 10.9. The number of hydrogen-bond acceptors (Lipinski definition) is 3. The summed E-state index contributed by atoms with van der Waals surface area (Å²) >= 11 is 0. The fourth-order valence-corrected chi connectivity index (χ4v) is 4.83. The van der Waals surface area contributed by atoms with Crippen molar-refractivity contribution < 1.29 is 17.2 Å². The van der Waals surface area contributed by atoms with Crippen molar-refractivity contribution in [3.05, 3.63) is 29.8 Å². The third kappa shape index (κ3) is 2.34. The molecule has 7 heteroatoms. The van der Waals surface area contributed by atoms with Crippen molar-refractivity contribution >= 4 is 10.0 Å². The van der Waals surface area contributed by atoms with E-state index in [1.807, 2.05) is 0 Å². The Kier molecular flexibility index (Phi) is 3.51. The molecule has 2 saturated heterocycles. The lowest BCUT2D eigenvalue weighted by molar-refractivity contribution is 0.356. The molecule has 2 unspecified atom stereocenters. The van der Waals surface area contributed by atoms with Gasteiger partial charge in [0.15, 0.2) is 0 Å². The summed E-state index contributed by atoms with van der Waals surface area (Å²) in [5, 5.41) is 3.18. The van der Waals surface area contributed by atoms with Gasteiger partial charge in [-0.2, -0.15) is 4.31 Å². The van der Waals surface area contributed by atoms with Crippen molar-refractivity contribution in [3.63, 3.8) is 0 Å². The van der Waals surface area contributed by atoms with Gasteiger partial charge < -0.3 is 5.32 Å². The summed E-state index contributed by atoms with van der Waals surface area (Å²) in [5.74, 6) is -1.36. The van der Waals surface area contributed by atoms with E-state index < -0.39 is 26.6 Å². The highest BCUT2D eigenvalue weighted by molar-refractivity contribution is 7.89. The molecule has 0 aromatic heterocycles. The van der Waals surface area contributed by atoms with Crippen LogP contribution < -0.4 is 5.32 Å². The van der Waals surface area contributed by atoms with E-state index >= 15 is 0 Å². The Bertz CT molecular complexity index is 621. The highest BCUT2D eigenvalue weighted by Gasteiger charge is 2.41. The number of sulfonamides is 1. The molecular weight excluding hydrogens is 286 g/mol. The number of rotatable bonds is 2. The molecule has 2 fully saturated rings. The number of halogens is 2. The van der Waals surface area contributed by atoms with E-state index in [4.69, 9.17) is 0 Å². The van der Waals surface area contributed by atoms with Crippen LogP contribution in [0, 0.1) is 17.6 Å². The lowest BCUT2D eigenvalue weighted by atomic mass is 10.0. The van der Waals surface area contributed by atoms with Crippen LogP contribution in [-0.2, 0) is 10.0 Å². The van der Waals surface area contributed by atoms with E-state index in [1.54, 1.807) is 0 Å². The van der Waals surface area contributed by atoms with E-state index in [2.05, 4.69) is 5.32 Å². The third-order valence-corrected chi connectivity index (χ3v) is 5.97. The van der Waals surface area contributed by atoms with Crippen molar-refractivity contribution in [1.29, 1.82) is 0 Å². The van der Waals surface area contributed by atoms with Crippen molar-refractivity contribution in [3.8, 4) is 0 Å². The molecule has 0 amide bonds. The first-order valence-electron chi connectivity index (χ1n) is 6.66. The van der Waals surface area contributed by atoms with Gasteiger partial charge in [-0.05, 0) is 43.5 Å². The summed E-state index contributed by atoms with van der Waals surface area (Å²) in [6.45, 7) is 1.83. The molecule has 1 N–H and O–H groups in total. The van der Waals surface area contributed by atoms with Gasteiger partial charge in [0, 0.05) is 19.1 Å². The molecule has 0 aliphatic carbocycles. The maximum atomic E-state index is 13.8. The molecule has 2 aliphatic rings. The molecule has 0 radical (unpaired) electrons. The molecule has 1 aromatic carbocycles. The van der Waals surface area contributed by atoms with Crippen LogP contribution in [0.15, 0.2) is 23.1 Å². The SMILES string of the molecule is O=S(=O)(c1cc(F)ccc1F)N1CC2CCNCC1C2. The van der Waals surface area contributed by atoms with E-state index in [1.165, 1.54) is 4.31 Å². The Morgan fingerprint density at radius 3 is 2.90 bits per heavy atom. The van der Waals surface area contributed by atoms with Crippen LogP contribution in [0.4, 0.5) is 8.78 Å². The third-order valence-electron chi connectivity index (χ3n) is 4.04.